The maximum atomic E-state index is 12.8. The fourth-order valence-corrected chi connectivity index (χ4v) is 4.69. The number of carboxylic acid groups (broad SMARTS) is 1. The van der Waals surface area contributed by atoms with Gasteiger partial charge in [0.1, 0.15) is 15.7 Å². The Morgan fingerprint density at radius 1 is 1.18 bits per heavy atom. The van der Waals surface area contributed by atoms with Crippen LogP contribution in [-0.4, -0.2) is 45.6 Å². The molecule has 0 atom stereocenters. The quantitative estimate of drug-likeness (QED) is 0.280. The number of fused-ring (bicyclic) bond motifs is 1. The molecule has 7 nitrogen and oxygen atoms in total. The minimum absolute atomic E-state index is 0.0230. The molecular formula is C24H19NO6S2. The zero-order valence-electron chi connectivity index (χ0n) is 17.6. The van der Waals surface area contributed by atoms with Crippen LogP contribution in [-0.2, 0) is 9.59 Å². The van der Waals surface area contributed by atoms with Crippen LogP contribution in [0.25, 0.3) is 17.0 Å². The number of ketones is 1. The van der Waals surface area contributed by atoms with Crippen LogP contribution < -0.4 is 4.74 Å². The van der Waals surface area contributed by atoms with Crippen LogP contribution >= 0.6 is 24.0 Å². The Balaban J connectivity index is 1.53. The first kappa shape index (κ1) is 22.8. The molecule has 1 saturated heterocycles. The van der Waals surface area contributed by atoms with Gasteiger partial charge in [-0.1, -0.05) is 30.0 Å². The van der Waals surface area contributed by atoms with Crippen molar-refractivity contribution in [3.63, 3.8) is 0 Å². The third-order valence-corrected chi connectivity index (χ3v) is 6.44. The SMILES string of the molecule is COc1ccc(C(=O)c2cc3cc(/C=C4\SC(=S)N(CCCC(=O)O)C4=O)ccc3o2)cc1. The van der Waals surface area contributed by atoms with Crippen molar-refractivity contribution in [3.8, 4) is 5.75 Å². The number of hydrogen-bond acceptors (Lipinski definition) is 7. The number of carbonyl (C=O) groups is 3. The lowest BCUT2D eigenvalue weighted by Crippen LogP contribution is -2.29. The number of thiocarbonyl (C=S) groups is 1. The molecule has 2 aromatic carbocycles. The standard InChI is InChI=1S/C24H19NO6S2/c1-30-17-7-5-15(6-8-17)22(28)19-13-16-11-14(4-9-18(16)31-19)12-20-23(29)25(24(32)33-20)10-2-3-21(26)27/h4-9,11-13H,2-3,10H2,1H3,(H,26,27)/b20-12-. The normalized spacial score (nSPS) is 14.9. The summed E-state index contributed by atoms with van der Waals surface area (Å²) in [4.78, 5) is 38.1. The highest BCUT2D eigenvalue weighted by Gasteiger charge is 2.31. The number of carboxylic acids is 1. The lowest BCUT2D eigenvalue weighted by molar-refractivity contribution is -0.137. The number of thioether (sulfide) groups is 1. The number of amides is 1. The monoisotopic (exact) mass is 481 g/mol. The van der Waals surface area contributed by atoms with E-state index in [4.69, 9.17) is 26.5 Å². The van der Waals surface area contributed by atoms with Gasteiger partial charge in [-0.05, 0) is 60.5 Å². The predicted molar refractivity (Wildman–Crippen MR) is 129 cm³/mol. The Kier molecular flexibility index (Phi) is 6.62. The molecule has 168 valence electrons. The van der Waals surface area contributed by atoms with Gasteiger partial charge >= 0.3 is 5.97 Å². The molecule has 33 heavy (non-hydrogen) atoms. The van der Waals surface area contributed by atoms with E-state index in [-0.39, 0.29) is 30.4 Å². The summed E-state index contributed by atoms with van der Waals surface area (Å²) in [6.07, 6.45) is 2.04. The predicted octanol–water partition coefficient (Wildman–Crippen LogP) is 4.74. The molecule has 1 aromatic heterocycles. The van der Waals surface area contributed by atoms with Crippen LogP contribution in [0.2, 0.25) is 0 Å². The molecule has 0 saturated carbocycles. The molecule has 0 bridgehead atoms. The van der Waals surface area contributed by atoms with Crippen molar-refractivity contribution in [1.82, 2.24) is 4.90 Å². The van der Waals surface area contributed by atoms with Gasteiger partial charge in [0.15, 0.2) is 5.76 Å². The van der Waals surface area contributed by atoms with Crippen LogP contribution in [0.4, 0.5) is 0 Å². The van der Waals surface area contributed by atoms with Crippen molar-refractivity contribution in [2.45, 2.75) is 12.8 Å². The van der Waals surface area contributed by atoms with Crippen LogP contribution in [0.1, 0.15) is 34.5 Å². The lowest BCUT2D eigenvalue weighted by atomic mass is 10.1. The molecule has 0 spiro atoms. The van der Waals surface area contributed by atoms with Crippen LogP contribution in [0, 0.1) is 0 Å². The van der Waals surface area contributed by atoms with E-state index in [0.29, 0.717) is 32.5 Å². The Morgan fingerprint density at radius 2 is 1.94 bits per heavy atom. The average Bonchev–Trinajstić information content (AvgIpc) is 3.34. The summed E-state index contributed by atoms with van der Waals surface area (Å²) in [7, 11) is 1.56. The van der Waals surface area contributed by atoms with E-state index in [2.05, 4.69) is 0 Å². The third-order valence-electron chi connectivity index (χ3n) is 5.06. The highest BCUT2D eigenvalue weighted by Crippen LogP contribution is 2.33. The molecule has 2 heterocycles. The first-order valence-electron chi connectivity index (χ1n) is 10.1. The summed E-state index contributed by atoms with van der Waals surface area (Å²) >= 11 is 6.47. The van der Waals surface area contributed by atoms with Gasteiger partial charge in [0.2, 0.25) is 5.78 Å². The van der Waals surface area contributed by atoms with E-state index in [1.165, 1.54) is 16.7 Å². The van der Waals surface area contributed by atoms with E-state index >= 15 is 0 Å². The first-order chi connectivity index (χ1) is 15.9. The van der Waals surface area contributed by atoms with Crippen LogP contribution in [0.15, 0.2) is 57.9 Å². The van der Waals surface area contributed by atoms with Crippen molar-refractivity contribution in [2.24, 2.45) is 0 Å². The molecule has 1 aliphatic rings. The second-order valence-electron chi connectivity index (χ2n) is 7.30. The number of benzene rings is 2. The van der Waals surface area contributed by atoms with Gasteiger partial charge in [0.05, 0.1) is 12.0 Å². The Labute approximate surface area is 199 Å². The molecule has 1 amide bonds. The van der Waals surface area contributed by atoms with Gasteiger partial charge in [0, 0.05) is 23.9 Å². The maximum Gasteiger partial charge on any atom is 0.303 e. The van der Waals surface area contributed by atoms with Gasteiger partial charge in [-0.3, -0.25) is 19.3 Å². The molecule has 0 aliphatic carbocycles. The van der Waals surface area contributed by atoms with Gasteiger partial charge < -0.3 is 14.3 Å². The molecule has 1 fully saturated rings. The van der Waals surface area contributed by atoms with Gasteiger partial charge in [-0.15, -0.1) is 0 Å². The zero-order valence-corrected chi connectivity index (χ0v) is 19.2. The minimum Gasteiger partial charge on any atom is -0.497 e. The van der Waals surface area contributed by atoms with Crippen LogP contribution in [0.5, 0.6) is 5.75 Å². The summed E-state index contributed by atoms with van der Waals surface area (Å²) < 4.78 is 11.3. The van der Waals surface area contributed by atoms with Crippen LogP contribution in [0.3, 0.4) is 0 Å². The molecule has 3 aromatic rings. The number of rotatable bonds is 8. The third kappa shape index (κ3) is 4.99. The molecule has 4 rings (SSSR count). The topological polar surface area (TPSA) is 97.0 Å². The van der Waals surface area contributed by atoms with E-state index in [1.807, 2.05) is 6.07 Å². The van der Waals surface area contributed by atoms with Crippen molar-refractivity contribution in [2.75, 3.05) is 13.7 Å². The van der Waals surface area contributed by atoms with E-state index in [1.54, 1.807) is 55.7 Å². The number of hydrogen-bond donors (Lipinski definition) is 1. The summed E-state index contributed by atoms with van der Waals surface area (Å²) in [6, 6.07) is 13.8. The summed E-state index contributed by atoms with van der Waals surface area (Å²) in [5, 5.41) is 9.52. The summed E-state index contributed by atoms with van der Waals surface area (Å²) in [6.45, 7) is 0.270. The smallest absolute Gasteiger partial charge is 0.303 e. The average molecular weight is 482 g/mol. The molecule has 1 aliphatic heterocycles. The van der Waals surface area contributed by atoms with Gasteiger partial charge in [-0.2, -0.15) is 0 Å². The fraction of sp³-hybridized carbons (Fsp3) is 0.167. The molecule has 0 radical (unpaired) electrons. The largest absolute Gasteiger partial charge is 0.497 e. The highest BCUT2D eigenvalue weighted by atomic mass is 32.2. The number of carbonyl (C=O) groups excluding carboxylic acids is 2. The van der Waals surface area contributed by atoms with E-state index in [9.17, 15) is 14.4 Å². The van der Waals surface area contributed by atoms with Gasteiger partial charge in [-0.25, -0.2) is 0 Å². The molecule has 9 heteroatoms. The van der Waals surface area contributed by atoms with E-state index in [0.717, 1.165) is 10.9 Å². The minimum atomic E-state index is -0.908. The molecule has 0 unspecified atom stereocenters. The Bertz CT molecular complexity index is 1290. The van der Waals surface area contributed by atoms with Gasteiger partial charge in [0.25, 0.3) is 5.91 Å². The Hall–Kier alpha value is -3.43. The number of furan rings is 1. The van der Waals surface area contributed by atoms with E-state index < -0.39 is 5.97 Å². The van der Waals surface area contributed by atoms with Crippen molar-refractivity contribution >= 4 is 63.0 Å². The lowest BCUT2D eigenvalue weighted by Gasteiger charge is -2.13. The second kappa shape index (κ2) is 9.60. The Morgan fingerprint density at radius 3 is 2.64 bits per heavy atom. The van der Waals surface area contributed by atoms with Crippen molar-refractivity contribution in [3.05, 3.63) is 70.3 Å². The fourth-order valence-electron chi connectivity index (χ4n) is 3.38. The molecular weight excluding hydrogens is 462 g/mol. The van der Waals surface area contributed by atoms with Crippen molar-refractivity contribution < 1.29 is 28.6 Å². The first-order valence-corrected chi connectivity index (χ1v) is 11.3. The summed E-state index contributed by atoms with van der Waals surface area (Å²) in [5.41, 5.74) is 1.81. The van der Waals surface area contributed by atoms with Crippen molar-refractivity contribution in [1.29, 1.82) is 0 Å². The maximum absolute atomic E-state index is 12.8. The second-order valence-corrected chi connectivity index (χ2v) is 8.97. The zero-order chi connectivity index (χ0) is 23.5. The summed E-state index contributed by atoms with van der Waals surface area (Å²) in [5.74, 6) is -0.505. The number of nitrogens with zero attached hydrogens (tertiary/aromatic N) is 1. The molecule has 1 N–H and O–H groups in total. The highest BCUT2D eigenvalue weighted by molar-refractivity contribution is 8.26. The number of aliphatic carboxylic acids is 1. The number of ether oxygens (including phenoxy) is 1. The number of methoxy groups -OCH3 is 1.